The molecular weight excluding hydrogens is 416 g/mol. The van der Waals surface area contributed by atoms with Crippen LogP contribution in [-0.4, -0.2) is 57.3 Å². The topological polar surface area (TPSA) is 105 Å². The molecule has 2 aliphatic heterocycles. The number of carbonyl (C=O) groups is 1. The van der Waals surface area contributed by atoms with Crippen LogP contribution in [0.5, 0.6) is 11.5 Å². The molecule has 0 bridgehead atoms. The molecule has 2 heterocycles. The van der Waals surface area contributed by atoms with Crippen molar-refractivity contribution in [1.29, 1.82) is 0 Å². The second kappa shape index (κ2) is 8.03. The van der Waals surface area contributed by atoms with E-state index in [-0.39, 0.29) is 16.1 Å². The van der Waals surface area contributed by atoms with E-state index in [0.717, 1.165) is 24.6 Å². The van der Waals surface area contributed by atoms with Gasteiger partial charge in [0, 0.05) is 30.7 Å². The van der Waals surface area contributed by atoms with Crippen molar-refractivity contribution < 1.29 is 27.8 Å². The first kappa shape index (κ1) is 19.7. The predicted octanol–water partition coefficient (Wildman–Crippen LogP) is 2.51. The summed E-state index contributed by atoms with van der Waals surface area (Å²) < 4.78 is 39.5. The third-order valence-corrected chi connectivity index (χ3v) is 6.97. The van der Waals surface area contributed by atoms with Gasteiger partial charge in [-0.05, 0) is 30.3 Å². The van der Waals surface area contributed by atoms with Crippen LogP contribution in [0.1, 0.15) is 10.4 Å². The number of anilines is 2. The Morgan fingerprint density at radius 3 is 2.48 bits per heavy atom. The van der Waals surface area contributed by atoms with Gasteiger partial charge in [0.2, 0.25) is 0 Å². The lowest BCUT2D eigenvalue weighted by molar-refractivity contribution is 0.0697. The smallest absolute Gasteiger partial charge is 0.335 e. The Hall–Kier alpha value is -2.59. The SMILES string of the molecule is O=C(O)c1ccc(N2CCSCC2)c(NS(=O)(=O)c2ccc3c(c2)OCCO3)c1. The maximum atomic E-state index is 13.0. The van der Waals surface area contributed by atoms with Gasteiger partial charge in [0.05, 0.1) is 21.8 Å². The van der Waals surface area contributed by atoms with E-state index in [1.54, 1.807) is 12.1 Å². The molecule has 2 aliphatic rings. The summed E-state index contributed by atoms with van der Waals surface area (Å²) in [5.74, 6) is 1.59. The van der Waals surface area contributed by atoms with Crippen LogP contribution in [0, 0.1) is 0 Å². The van der Waals surface area contributed by atoms with Crippen molar-refractivity contribution in [3.8, 4) is 11.5 Å². The van der Waals surface area contributed by atoms with E-state index in [4.69, 9.17) is 9.47 Å². The number of hydrogen-bond donors (Lipinski definition) is 2. The number of sulfonamides is 1. The van der Waals surface area contributed by atoms with E-state index < -0.39 is 16.0 Å². The van der Waals surface area contributed by atoms with Crippen molar-refractivity contribution in [2.45, 2.75) is 4.90 Å². The molecule has 154 valence electrons. The quantitative estimate of drug-likeness (QED) is 0.737. The number of nitrogens with zero attached hydrogens (tertiary/aromatic N) is 1. The van der Waals surface area contributed by atoms with Gasteiger partial charge in [-0.3, -0.25) is 4.72 Å². The fourth-order valence-corrected chi connectivity index (χ4v) is 5.21. The molecule has 10 heteroatoms. The second-order valence-corrected chi connectivity index (χ2v) is 9.45. The lowest BCUT2D eigenvalue weighted by Crippen LogP contribution is -2.33. The molecule has 2 N–H and O–H groups in total. The van der Waals surface area contributed by atoms with Crippen molar-refractivity contribution in [2.24, 2.45) is 0 Å². The van der Waals surface area contributed by atoms with Crippen molar-refractivity contribution in [3.63, 3.8) is 0 Å². The summed E-state index contributed by atoms with van der Waals surface area (Å²) in [5, 5.41) is 9.33. The number of ether oxygens (including phenoxy) is 2. The minimum absolute atomic E-state index is 0.0139. The summed E-state index contributed by atoms with van der Waals surface area (Å²) in [5.41, 5.74) is 0.920. The first-order chi connectivity index (χ1) is 13.9. The molecular formula is C19H20N2O6S2. The Morgan fingerprint density at radius 2 is 1.76 bits per heavy atom. The predicted molar refractivity (Wildman–Crippen MR) is 111 cm³/mol. The molecule has 0 amide bonds. The number of rotatable bonds is 5. The molecule has 4 rings (SSSR count). The summed E-state index contributed by atoms with van der Waals surface area (Å²) in [6.07, 6.45) is 0. The van der Waals surface area contributed by atoms with Crippen LogP contribution in [0.3, 0.4) is 0 Å². The van der Waals surface area contributed by atoms with Gasteiger partial charge in [-0.1, -0.05) is 0 Å². The molecule has 1 saturated heterocycles. The van der Waals surface area contributed by atoms with E-state index in [9.17, 15) is 18.3 Å². The number of carboxylic acid groups (broad SMARTS) is 1. The number of thioether (sulfide) groups is 1. The van der Waals surface area contributed by atoms with Crippen molar-refractivity contribution in [2.75, 3.05) is 47.4 Å². The van der Waals surface area contributed by atoms with E-state index in [1.807, 2.05) is 11.8 Å². The minimum atomic E-state index is -3.96. The van der Waals surface area contributed by atoms with Crippen LogP contribution in [0.4, 0.5) is 11.4 Å². The Kier molecular flexibility index (Phi) is 5.46. The number of fused-ring (bicyclic) bond motifs is 1. The number of benzene rings is 2. The molecule has 8 nitrogen and oxygen atoms in total. The van der Waals surface area contributed by atoms with E-state index in [0.29, 0.717) is 30.4 Å². The van der Waals surface area contributed by atoms with Crippen molar-refractivity contribution in [3.05, 3.63) is 42.0 Å². The summed E-state index contributed by atoms with van der Waals surface area (Å²) >= 11 is 1.83. The van der Waals surface area contributed by atoms with Gasteiger partial charge in [0.1, 0.15) is 13.2 Å². The lowest BCUT2D eigenvalue weighted by Gasteiger charge is -2.30. The Balaban J connectivity index is 1.69. The van der Waals surface area contributed by atoms with Gasteiger partial charge >= 0.3 is 5.97 Å². The average Bonchev–Trinajstić information content (AvgIpc) is 2.73. The summed E-state index contributed by atoms with van der Waals surface area (Å²) in [6, 6.07) is 8.90. The van der Waals surface area contributed by atoms with Crippen LogP contribution in [0.15, 0.2) is 41.3 Å². The minimum Gasteiger partial charge on any atom is -0.486 e. The van der Waals surface area contributed by atoms with E-state index in [2.05, 4.69) is 9.62 Å². The first-order valence-electron chi connectivity index (χ1n) is 9.06. The van der Waals surface area contributed by atoms with Crippen LogP contribution < -0.4 is 19.1 Å². The normalized spacial score (nSPS) is 16.3. The highest BCUT2D eigenvalue weighted by molar-refractivity contribution is 7.99. The average molecular weight is 437 g/mol. The molecule has 0 radical (unpaired) electrons. The maximum absolute atomic E-state index is 13.0. The molecule has 0 aromatic heterocycles. The number of hydrogen-bond acceptors (Lipinski definition) is 7. The first-order valence-corrected chi connectivity index (χ1v) is 11.7. The van der Waals surface area contributed by atoms with Crippen LogP contribution in [0.2, 0.25) is 0 Å². The third-order valence-electron chi connectivity index (χ3n) is 4.66. The highest BCUT2D eigenvalue weighted by Gasteiger charge is 2.23. The summed E-state index contributed by atoms with van der Waals surface area (Å²) in [6.45, 7) is 2.28. The van der Waals surface area contributed by atoms with E-state index >= 15 is 0 Å². The molecule has 29 heavy (non-hydrogen) atoms. The summed E-state index contributed by atoms with van der Waals surface area (Å²) in [7, 11) is -3.96. The monoisotopic (exact) mass is 436 g/mol. The maximum Gasteiger partial charge on any atom is 0.335 e. The van der Waals surface area contributed by atoms with Crippen molar-refractivity contribution >= 4 is 39.1 Å². The third kappa shape index (κ3) is 4.23. The zero-order valence-corrected chi connectivity index (χ0v) is 17.1. The number of nitrogens with one attached hydrogen (secondary N) is 1. The van der Waals surface area contributed by atoms with Gasteiger partial charge in [-0.15, -0.1) is 0 Å². The molecule has 0 saturated carbocycles. The van der Waals surface area contributed by atoms with Crippen LogP contribution >= 0.6 is 11.8 Å². The zero-order valence-electron chi connectivity index (χ0n) is 15.5. The standard InChI is InChI=1S/C19H20N2O6S2/c22-19(23)13-1-3-16(21-5-9-28-10-6-21)15(11-13)20-29(24,25)14-2-4-17-18(12-14)27-8-7-26-17/h1-4,11-12,20H,5-10H2,(H,22,23). The lowest BCUT2D eigenvalue weighted by atomic mass is 10.1. The van der Waals surface area contributed by atoms with Gasteiger partial charge in [0.15, 0.2) is 11.5 Å². The van der Waals surface area contributed by atoms with Gasteiger partial charge in [-0.25, -0.2) is 13.2 Å². The Morgan fingerprint density at radius 1 is 1.03 bits per heavy atom. The van der Waals surface area contributed by atoms with E-state index in [1.165, 1.54) is 24.3 Å². The van der Waals surface area contributed by atoms with Gasteiger partial charge in [0.25, 0.3) is 10.0 Å². The fourth-order valence-electron chi connectivity index (χ4n) is 3.23. The Labute approximate surface area is 172 Å². The summed E-state index contributed by atoms with van der Waals surface area (Å²) in [4.78, 5) is 13.5. The molecule has 0 atom stereocenters. The van der Waals surface area contributed by atoms with Gasteiger partial charge in [-0.2, -0.15) is 11.8 Å². The Bertz CT molecular complexity index is 1030. The molecule has 2 aromatic rings. The molecule has 0 unspecified atom stereocenters. The number of aromatic carboxylic acids is 1. The fraction of sp³-hybridized carbons (Fsp3) is 0.316. The molecule has 1 fully saturated rings. The van der Waals surface area contributed by atoms with Crippen LogP contribution in [-0.2, 0) is 10.0 Å². The molecule has 0 aliphatic carbocycles. The van der Waals surface area contributed by atoms with Crippen molar-refractivity contribution in [1.82, 2.24) is 0 Å². The molecule has 2 aromatic carbocycles. The zero-order chi connectivity index (χ0) is 20.4. The highest BCUT2D eigenvalue weighted by atomic mass is 32.2. The molecule has 0 spiro atoms. The largest absolute Gasteiger partial charge is 0.486 e. The number of carboxylic acids is 1. The van der Waals surface area contributed by atoms with Crippen LogP contribution in [0.25, 0.3) is 0 Å². The van der Waals surface area contributed by atoms with Gasteiger partial charge < -0.3 is 19.5 Å². The second-order valence-electron chi connectivity index (χ2n) is 6.55. The highest BCUT2D eigenvalue weighted by Crippen LogP contribution is 2.35.